The molecule has 0 saturated heterocycles. The molecule has 0 bridgehead atoms. The first-order valence-corrected chi connectivity index (χ1v) is 6.28. The van der Waals surface area contributed by atoms with E-state index in [9.17, 15) is 8.42 Å². The minimum atomic E-state index is -3.43. The fourth-order valence-electron chi connectivity index (χ4n) is 1.26. The maximum Gasteiger partial charge on any atom is 0.245 e. The smallest absolute Gasteiger partial charge is 0.245 e. The van der Waals surface area contributed by atoms with Crippen LogP contribution < -0.4 is 0 Å². The standard InChI is InChI=1S/C9H12N4O3S/c1-12(2)17(14,15)9-5-10-13(7-9)6-8-3-4-16-11-8/h3-5,7H,6H2,1-2H3. The van der Waals surface area contributed by atoms with Gasteiger partial charge < -0.3 is 4.52 Å². The highest BCUT2D eigenvalue weighted by Crippen LogP contribution is 2.12. The van der Waals surface area contributed by atoms with Gasteiger partial charge in [0.25, 0.3) is 0 Å². The van der Waals surface area contributed by atoms with Gasteiger partial charge in [0, 0.05) is 26.4 Å². The summed E-state index contributed by atoms with van der Waals surface area (Å²) >= 11 is 0. The molecule has 2 heterocycles. The van der Waals surface area contributed by atoms with Crippen LogP contribution in [-0.4, -0.2) is 41.8 Å². The first-order valence-electron chi connectivity index (χ1n) is 4.84. The molecule has 8 heteroatoms. The summed E-state index contributed by atoms with van der Waals surface area (Å²) in [5, 5.41) is 7.69. The number of sulfonamides is 1. The minimum absolute atomic E-state index is 0.158. The van der Waals surface area contributed by atoms with E-state index in [1.807, 2.05) is 0 Å². The lowest BCUT2D eigenvalue weighted by atomic mass is 10.4. The van der Waals surface area contributed by atoms with Gasteiger partial charge in [-0.2, -0.15) is 5.10 Å². The van der Waals surface area contributed by atoms with Crippen molar-refractivity contribution in [2.75, 3.05) is 14.1 Å². The molecule has 0 amide bonds. The molecule has 2 aromatic rings. The first-order chi connectivity index (χ1) is 8.00. The second kappa shape index (κ2) is 4.30. The Hall–Kier alpha value is -1.67. The van der Waals surface area contributed by atoms with E-state index in [1.165, 1.54) is 37.4 Å². The zero-order valence-electron chi connectivity index (χ0n) is 9.44. The van der Waals surface area contributed by atoms with E-state index in [0.29, 0.717) is 12.2 Å². The molecule has 0 spiro atoms. The van der Waals surface area contributed by atoms with Crippen LogP contribution in [0.2, 0.25) is 0 Å². The molecule has 0 unspecified atom stereocenters. The van der Waals surface area contributed by atoms with Crippen molar-refractivity contribution in [3.05, 3.63) is 30.4 Å². The Balaban J connectivity index is 2.22. The normalized spacial score (nSPS) is 12.2. The van der Waals surface area contributed by atoms with Crippen molar-refractivity contribution in [3.8, 4) is 0 Å². The van der Waals surface area contributed by atoms with Crippen molar-refractivity contribution in [1.29, 1.82) is 0 Å². The van der Waals surface area contributed by atoms with Gasteiger partial charge in [-0.05, 0) is 0 Å². The molecule has 2 rings (SSSR count). The Labute approximate surface area is 98.7 Å². The average Bonchev–Trinajstić information content (AvgIpc) is 2.89. The van der Waals surface area contributed by atoms with E-state index >= 15 is 0 Å². The van der Waals surface area contributed by atoms with Crippen LogP contribution in [0, 0.1) is 0 Å². The number of rotatable bonds is 4. The summed E-state index contributed by atoms with van der Waals surface area (Å²) in [7, 11) is -0.476. The predicted molar refractivity (Wildman–Crippen MR) is 58.7 cm³/mol. The molecule has 0 N–H and O–H groups in total. The predicted octanol–water partition coefficient (Wildman–Crippen LogP) is 0.170. The lowest BCUT2D eigenvalue weighted by molar-refractivity contribution is 0.408. The average molecular weight is 256 g/mol. The maximum atomic E-state index is 11.8. The summed E-state index contributed by atoms with van der Waals surface area (Å²) in [6.07, 6.45) is 4.23. The van der Waals surface area contributed by atoms with Crippen LogP contribution in [0.3, 0.4) is 0 Å². The van der Waals surface area contributed by atoms with Crippen molar-refractivity contribution in [3.63, 3.8) is 0 Å². The van der Waals surface area contributed by atoms with Crippen molar-refractivity contribution < 1.29 is 12.9 Å². The van der Waals surface area contributed by atoms with E-state index in [-0.39, 0.29) is 4.90 Å². The van der Waals surface area contributed by atoms with Crippen LogP contribution in [-0.2, 0) is 16.6 Å². The van der Waals surface area contributed by atoms with E-state index in [4.69, 9.17) is 0 Å². The summed E-state index contributed by atoms with van der Waals surface area (Å²) in [5.74, 6) is 0. The minimum Gasteiger partial charge on any atom is -0.364 e. The fraction of sp³-hybridized carbons (Fsp3) is 0.333. The molecule has 0 aliphatic heterocycles. The Morgan fingerprint density at radius 2 is 2.24 bits per heavy atom. The molecular weight excluding hydrogens is 244 g/mol. The van der Waals surface area contributed by atoms with Gasteiger partial charge in [0.2, 0.25) is 10.0 Å². The monoisotopic (exact) mass is 256 g/mol. The van der Waals surface area contributed by atoms with E-state index in [1.54, 1.807) is 6.07 Å². The summed E-state index contributed by atoms with van der Waals surface area (Å²) in [5.41, 5.74) is 0.682. The molecule has 17 heavy (non-hydrogen) atoms. The quantitative estimate of drug-likeness (QED) is 0.779. The van der Waals surface area contributed by atoms with Crippen molar-refractivity contribution in [1.82, 2.24) is 19.2 Å². The third kappa shape index (κ3) is 2.37. The second-order valence-corrected chi connectivity index (χ2v) is 5.80. The van der Waals surface area contributed by atoms with Gasteiger partial charge in [-0.25, -0.2) is 12.7 Å². The molecule has 0 fully saturated rings. The highest BCUT2D eigenvalue weighted by molar-refractivity contribution is 7.89. The number of hydrogen-bond acceptors (Lipinski definition) is 5. The van der Waals surface area contributed by atoms with Crippen molar-refractivity contribution in [2.24, 2.45) is 0 Å². The Morgan fingerprint density at radius 1 is 1.47 bits per heavy atom. The van der Waals surface area contributed by atoms with Crippen LogP contribution in [0.1, 0.15) is 5.69 Å². The van der Waals surface area contributed by atoms with Gasteiger partial charge in [-0.15, -0.1) is 0 Å². The molecule has 2 aromatic heterocycles. The second-order valence-electron chi connectivity index (χ2n) is 3.65. The lowest BCUT2D eigenvalue weighted by Gasteiger charge is -2.08. The van der Waals surface area contributed by atoms with Gasteiger partial charge in [0.05, 0.1) is 12.7 Å². The highest BCUT2D eigenvalue weighted by atomic mass is 32.2. The van der Waals surface area contributed by atoms with Crippen LogP contribution in [0.4, 0.5) is 0 Å². The van der Waals surface area contributed by atoms with Gasteiger partial charge in [0.15, 0.2) is 0 Å². The van der Waals surface area contributed by atoms with E-state index in [2.05, 4.69) is 14.8 Å². The van der Waals surface area contributed by atoms with Crippen LogP contribution in [0.25, 0.3) is 0 Å². The van der Waals surface area contributed by atoms with Crippen molar-refractivity contribution in [2.45, 2.75) is 11.4 Å². The van der Waals surface area contributed by atoms with Gasteiger partial charge in [-0.3, -0.25) is 4.68 Å². The third-order valence-corrected chi connectivity index (χ3v) is 3.97. The van der Waals surface area contributed by atoms with E-state index in [0.717, 1.165) is 4.31 Å². The Morgan fingerprint density at radius 3 is 2.82 bits per heavy atom. The third-order valence-electron chi connectivity index (χ3n) is 2.20. The summed E-state index contributed by atoms with van der Waals surface area (Å²) in [4.78, 5) is 0.158. The zero-order valence-corrected chi connectivity index (χ0v) is 10.3. The number of aromatic nitrogens is 3. The van der Waals surface area contributed by atoms with Crippen LogP contribution >= 0.6 is 0 Å². The highest BCUT2D eigenvalue weighted by Gasteiger charge is 2.19. The molecule has 0 radical (unpaired) electrons. The van der Waals surface area contributed by atoms with Gasteiger partial charge in [0.1, 0.15) is 16.9 Å². The molecule has 0 saturated carbocycles. The summed E-state index contributed by atoms with van der Waals surface area (Å²) in [6, 6.07) is 1.70. The molecule has 7 nitrogen and oxygen atoms in total. The number of nitrogens with zero attached hydrogens (tertiary/aromatic N) is 4. The van der Waals surface area contributed by atoms with Crippen LogP contribution in [0.15, 0.2) is 34.1 Å². The zero-order chi connectivity index (χ0) is 12.5. The molecule has 0 aliphatic carbocycles. The lowest BCUT2D eigenvalue weighted by Crippen LogP contribution is -2.21. The largest absolute Gasteiger partial charge is 0.364 e. The molecule has 0 aromatic carbocycles. The first kappa shape index (κ1) is 11.8. The number of hydrogen-bond donors (Lipinski definition) is 0. The van der Waals surface area contributed by atoms with Gasteiger partial charge in [-0.1, -0.05) is 5.16 Å². The van der Waals surface area contributed by atoms with Gasteiger partial charge >= 0.3 is 0 Å². The molecular formula is C9H12N4O3S. The SMILES string of the molecule is CN(C)S(=O)(=O)c1cnn(Cc2ccon2)c1. The maximum absolute atomic E-state index is 11.8. The van der Waals surface area contributed by atoms with Crippen LogP contribution in [0.5, 0.6) is 0 Å². The Kier molecular flexibility index (Phi) is 2.99. The van der Waals surface area contributed by atoms with E-state index < -0.39 is 10.0 Å². The summed E-state index contributed by atoms with van der Waals surface area (Å²) < 4.78 is 30.9. The van der Waals surface area contributed by atoms with Crippen molar-refractivity contribution >= 4 is 10.0 Å². The molecule has 0 atom stereocenters. The molecule has 0 aliphatic rings. The summed E-state index contributed by atoms with van der Waals surface area (Å²) in [6.45, 7) is 0.374. The Bertz CT molecular complexity index is 586. The fourth-order valence-corrected chi connectivity index (χ4v) is 2.12. The molecule has 92 valence electrons. The topological polar surface area (TPSA) is 81.2 Å².